The van der Waals surface area contributed by atoms with Crippen molar-refractivity contribution in [2.45, 2.75) is 33.4 Å². The molecule has 18 heavy (non-hydrogen) atoms. The molecule has 0 saturated carbocycles. The highest BCUT2D eigenvalue weighted by atomic mass is 79.9. The van der Waals surface area contributed by atoms with Crippen molar-refractivity contribution in [2.75, 3.05) is 0 Å². The predicted molar refractivity (Wildman–Crippen MR) is 83.2 cm³/mol. The first-order valence-corrected chi connectivity index (χ1v) is 7.72. The summed E-state index contributed by atoms with van der Waals surface area (Å²) in [5, 5.41) is 3.58. The third-order valence-electron chi connectivity index (χ3n) is 3.05. The largest absolute Gasteiger partial charge is 0.306 e. The molecule has 1 aromatic heterocycles. The zero-order valence-corrected chi connectivity index (χ0v) is 13.4. The van der Waals surface area contributed by atoms with Crippen LogP contribution in [0.3, 0.4) is 0 Å². The molecule has 0 aliphatic carbocycles. The number of thiophene rings is 1. The van der Waals surface area contributed by atoms with E-state index in [4.69, 9.17) is 0 Å². The van der Waals surface area contributed by atoms with E-state index in [0.717, 1.165) is 11.0 Å². The van der Waals surface area contributed by atoms with Gasteiger partial charge in [-0.2, -0.15) is 0 Å². The normalized spacial score (nSPS) is 12.7. The van der Waals surface area contributed by atoms with Gasteiger partial charge in [0.1, 0.15) is 0 Å². The highest BCUT2D eigenvalue weighted by Gasteiger charge is 2.10. The van der Waals surface area contributed by atoms with Gasteiger partial charge in [-0.25, -0.2) is 0 Å². The Bertz CT molecular complexity index is 533. The monoisotopic (exact) mass is 323 g/mol. The Labute approximate surface area is 121 Å². The fourth-order valence-electron chi connectivity index (χ4n) is 2.11. The lowest BCUT2D eigenvalue weighted by Gasteiger charge is -2.14. The molecular formula is C15H18BrNS. The summed E-state index contributed by atoms with van der Waals surface area (Å²) in [5.74, 6) is 0. The number of hydrogen-bond acceptors (Lipinski definition) is 2. The molecule has 0 saturated heterocycles. The number of nitrogens with one attached hydrogen (secondary N) is 1. The van der Waals surface area contributed by atoms with Gasteiger partial charge in [0.25, 0.3) is 0 Å². The zero-order chi connectivity index (χ0) is 13.1. The van der Waals surface area contributed by atoms with Gasteiger partial charge in [0.15, 0.2) is 0 Å². The van der Waals surface area contributed by atoms with E-state index < -0.39 is 0 Å². The van der Waals surface area contributed by atoms with Gasteiger partial charge in [0.2, 0.25) is 0 Å². The molecule has 2 aromatic rings. The predicted octanol–water partition coefficient (Wildman–Crippen LogP) is 4.98. The van der Waals surface area contributed by atoms with Crippen LogP contribution in [-0.4, -0.2) is 0 Å². The lowest BCUT2D eigenvalue weighted by atomic mass is 10.1. The van der Waals surface area contributed by atoms with E-state index in [1.807, 2.05) is 11.3 Å². The van der Waals surface area contributed by atoms with E-state index >= 15 is 0 Å². The van der Waals surface area contributed by atoms with Crippen molar-refractivity contribution < 1.29 is 0 Å². The summed E-state index contributed by atoms with van der Waals surface area (Å²) in [6, 6.07) is 11.1. The molecule has 96 valence electrons. The van der Waals surface area contributed by atoms with Crippen LogP contribution in [0.2, 0.25) is 0 Å². The van der Waals surface area contributed by atoms with Gasteiger partial charge in [-0.05, 0) is 50.1 Å². The van der Waals surface area contributed by atoms with Gasteiger partial charge >= 0.3 is 0 Å². The summed E-state index contributed by atoms with van der Waals surface area (Å²) in [6.07, 6.45) is 0. The number of benzene rings is 1. The van der Waals surface area contributed by atoms with Crippen LogP contribution in [-0.2, 0) is 6.54 Å². The highest BCUT2D eigenvalue weighted by Crippen LogP contribution is 2.26. The van der Waals surface area contributed by atoms with Gasteiger partial charge in [-0.1, -0.05) is 28.1 Å². The molecule has 0 spiro atoms. The van der Waals surface area contributed by atoms with E-state index in [9.17, 15) is 0 Å². The van der Waals surface area contributed by atoms with Crippen molar-refractivity contribution in [1.82, 2.24) is 5.32 Å². The maximum absolute atomic E-state index is 3.58. The van der Waals surface area contributed by atoms with Gasteiger partial charge in [-0.15, -0.1) is 11.3 Å². The third-order valence-corrected chi connectivity index (χ3v) is 4.52. The zero-order valence-electron chi connectivity index (χ0n) is 11.0. The number of rotatable bonds is 4. The highest BCUT2D eigenvalue weighted by molar-refractivity contribution is 9.10. The topological polar surface area (TPSA) is 12.0 Å². The Morgan fingerprint density at radius 2 is 2.06 bits per heavy atom. The van der Waals surface area contributed by atoms with E-state index in [2.05, 4.69) is 72.3 Å². The molecular weight excluding hydrogens is 306 g/mol. The molecule has 1 heterocycles. The second-order valence-electron chi connectivity index (χ2n) is 4.60. The number of aryl methyl sites for hydroxylation is 2. The van der Waals surface area contributed by atoms with Gasteiger partial charge < -0.3 is 5.32 Å². The molecule has 2 rings (SSSR count). The van der Waals surface area contributed by atoms with Gasteiger partial charge in [0, 0.05) is 26.8 Å². The van der Waals surface area contributed by atoms with Gasteiger partial charge in [0.05, 0.1) is 0 Å². The van der Waals surface area contributed by atoms with E-state index in [0.29, 0.717) is 6.04 Å². The average Bonchev–Trinajstić information content (AvgIpc) is 2.66. The van der Waals surface area contributed by atoms with Crippen LogP contribution >= 0.6 is 27.3 Å². The van der Waals surface area contributed by atoms with E-state index in [1.54, 1.807) is 0 Å². The maximum atomic E-state index is 3.58. The number of halogens is 1. The average molecular weight is 324 g/mol. The van der Waals surface area contributed by atoms with Crippen LogP contribution in [0.5, 0.6) is 0 Å². The lowest BCUT2D eigenvalue weighted by molar-refractivity contribution is 0.574. The van der Waals surface area contributed by atoms with Crippen molar-refractivity contribution in [3.63, 3.8) is 0 Å². The quantitative estimate of drug-likeness (QED) is 0.836. The standard InChI is InChI=1S/C15H18BrNS/c1-10-7-15(12(3)18-10)11(2)17-9-13-5-4-6-14(16)8-13/h4-8,11,17H,9H2,1-3H3. The lowest BCUT2D eigenvalue weighted by Crippen LogP contribution is -2.18. The summed E-state index contributed by atoms with van der Waals surface area (Å²) in [5.41, 5.74) is 2.73. The van der Waals surface area contributed by atoms with Crippen molar-refractivity contribution in [3.8, 4) is 0 Å². The minimum atomic E-state index is 0.397. The smallest absolute Gasteiger partial charge is 0.0305 e. The molecule has 0 bridgehead atoms. The van der Waals surface area contributed by atoms with E-state index in [1.165, 1.54) is 20.9 Å². The first-order valence-electron chi connectivity index (χ1n) is 6.11. The third kappa shape index (κ3) is 3.44. The molecule has 1 aromatic carbocycles. The summed E-state index contributed by atoms with van der Waals surface area (Å²) in [6.45, 7) is 7.49. The molecule has 1 N–H and O–H groups in total. The SMILES string of the molecule is Cc1cc(C(C)NCc2cccc(Br)c2)c(C)s1. The Kier molecular flexibility index (Phi) is 4.60. The first-order chi connectivity index (χ1) is 8.56. The fraction of sp³-hybridized carbons (Fsp3) is 0.333. The summed E-state index contributed by atoms with van der Waals surface area (Å²) in [7, 11) is 0. The molecule has 1 unspecified atom stereocenters. The van der Waals surface area contributed by atoms with Crippen LogP contribution in [0.25, 0.3) is 0 Å². The second-order valence-corrected chi connectivity index (χ2v) is 6.98. The molecule has 3 heteroatoms. The molecule has 0 aliphatic heterocycles. The molecule has 1 nitrogen and oxygen atoms in total. The summed E-state index contributed by atoms with van der Waals surface area (Å²) < 4.78 is 1.14. The Balaban J connectivity index is 2.00. The molecule has 0 fully saturated rings. The Hall–Kier alpha value is -0.640. The van der Waals surface area contributed by atoms with Crippen LogP contribution in [0, 0.1) is 13.8 Å². The van der Waals surface area contributed by atoms with Crippen LogP contribution in [0.4, 0.5) is 0 Å². The molecule has 0 radical (unpaired) electrons. The van der Waals surface area contributed by atoms with E-state index in [-0.39, 0.29) is 0 Å². The minimum absolute atomic E-state index is 0.397. The molecule has 0 aliphatic rings. The van der Waals surface area contributed by atoms with Crippen LogP contribution in [0.1, 0.15) is 33.8 Å². The second kappa shape index (κ2) is 6.00. The van der Waals surface area contributed by atoms with Crippen molar-refractivity contribution in [1.29, 1.82) is 0 Å². The van der Waals surface area contributed by atoms with Crippen LogP contribution < -0.4 is 5.32 Å². The first kappa shape index (κ1) is 13.8. The van der Waals surface area contributed by atoms with Crippen molar-refractivity contribution in [2.24, 2.45) is 0 Å². The maximum Gasteiger partial charge on any atom is 0.0305 e. The Morgan fingerprint density at radius 3 is 2.67 bits per heavy atom. The summed E-state index contributed by atoms with van der Waals surface area (Å²) >= 11 is 5.38. The number of hydrogen-bond donors (Lipinski definition) is 1. The minimum Gasteiger partial charge on any atom is -0.306 e. The Morgan fingerprint density at radius 1 is 1.28 bits per heavy atom. The van der Waals surface area contributed by atoms with Gasteiger partial charge in [-0.3, -0.25) is 0 Å². The van der Waals surface area contributed by atoms with Crippen LogP contribution in [0.15, 0.2) is 34.8 Å². The fourth-order valence-corrected chi connectivity index (χ4v) is 3.58. The molecule has 0 amide bonds. The summed E-state index contributed by atoms with van der Waals surface area (Å²) in [4.78, 5) is 2.81. The molecule has 1 atom stereocenters. The van der Waals surface area contributed by atoms with Crippen molar-refractivity contribution >= 4 is 27.3 Å². The van der Waals surface area contributed by atoms with Crippen molar-refractivity contribution in [3.05, 3.63) is 55.7 Å².